The van der Waals surface area contributed by atoms with Gasteiger partial charge in [0.15, 0.2) is 0 Å². The average Bonchev–Trinajstić information content (AvgIpc) is 2.66. The van der Waals surface area contributed by atoms with E-state index in [1.807, 2.05) is 31.2 Å². The zero-order valence-corrected chi connectivity index (χ0v) is 18.0. The number of ether oxygens (including phenoxy) is 1. The number of benzene rings is 2. The van der Waals surface area contributed by atoms with Gasteiger partial charge in [0.2, 0.25) is 15.9 Å². The van der Waals surface area contributed by atoms with E-state index < -0.39 is 32.9 Å². The number of aryl methyl sites for hydroxylation is 1. The highest BCUT2D eigenvalue weighted by molar-refractivity contribution is 7.92. The Morgan fingerprint density at radius 2 is 1.83 bits per heavy atom. The molecule has 2 aromatic carbocycles. The van der Waals surface area contributed by atoms with Crippen LogP contribution >= 0.6 is 0 Å². The van der Waals surface area contributed by atoms with E-state index in [9.17, 15) is 23.3 Å². The Kier molecular flexibility index (Phi) is 7.38. The van der Waals surface area contributed by atoms with Crippen LogP contribution in [0.4, 0.5) is 11.4 Å². The summed E-state index contributed by atoms with van der Waals surface area (Å²) in [6, 6.07) is 11.1. The molecule has 2 rings (SSSR count). The third kappa shape index (κ3) is 6.18. The highest BCUT2D eigenvalue weighted by atomic mass is 32.2. The Bertz CT molecular complexity index is 1010. The Balaban J connectivity index is 2.10. The fourth-order valence-corrected chi connectivity index (χ4v) is 3.98. The fourth-order valence-electron chi connectivity index (χ4n) is 2.81. The number of nitrogens with zero attached hydrogens (tertiary/aromatic N) is 2. The van der Waals surface area contributed by atoms with Crippen LogP contribution in [0.15, 0.2) is 48.5 Å². The second-order valence-electron chi connectivity index (χ2n) is 7.05. The van der Waals surface area contributed by atoms with Crippen LogP contribution in [0.1, 0.15) is 19.4 Å². The number of hydrogen-bond donors (Lipinski definition) is 1. The molecule has 1 N–H and O–H groups in total. The lowest BCUT2D eigenvalue weighted by Crippen LogP contribution is -2.50. The number of non-ortho nitro benzene ring substituents is 1. The van der Waals surface area contributed by atoms with Crippen LogP contribution in [0.25, 0.3) is 0 Å². The van der Waals surface area contributed by atoms with Gasteiger partial charge in [0.25, 0.3) is 5.69 Å². The number of carbonyl (C=O) groups is 1. The van der Waals surface area contributed by atoms with E-state index in [1.54, 1.807) is 6.92 Å². The zero-order valence-electron chi connectivity index (χ0n) is 17.2. The molecule has 0 heterocycles. The Morgan fingerprint density at radius 1 is 1.20 bits per heavy atom. The summed E-state index contributed by atoms with van der Waals surface area (Å²) in [5.74, 6) is 0.107. The van der Waals surface area contributed by atoms with Crippen LogP contribution in [0.2, 0.25) is 0 Å². The molecule has 0 bridgehead atoms. The van der Waals surface area contributed by atoms with Crippen molar-refractivity contribution in [2.45, 2.75) is 32.9 Å². The molecule has 0 aromatic heterocycles. The molecular weight excluding hydrogens is 410 g/mol. The molecule has 1 amide bonds. The molecule has 0 fully saturated rings. The first-order valence-corrected chi connectivity index (χ1v) is 11.1. The van der Waals surface area contributed by atoms with Crippen molar-refractivity contribution in [1.29, 1.82) is 0 Å². The van der Waals surface area contributed by atoms with Crippen molar-refractivity contribution in [3.63, 3.8) is 0 Å². The van der Waals surface area contributed by atoms with Gasteiger partial charge in [-0.25, -0.2) is 8.42 Å². The Hall–Kier alpha value is -3.14. The van der Waals surface area contributed by atoms with Crippen LogP contribution in [-0.4, -0.2) is 44.2 Å². The molecule has 162 valence electrons. The molecule has 0 unspecified atom stereocenters. The van der Waals surface area contributed by atoms with Gasteiger partial charge in [-0.2, -0.15) is 0 Å². The molecule has 9 nitrogen and oxygen atoms in total. The maximum atomic E-state index is 12.7. The molecule has 0 aliphatic carbocycles. The van der Waals surface area contributed by atoms with Gasteiger partial charge >= 0.3 is 0 Å². The van der Waals surface area contributed by atoms with Gasteiger partial charge in [0, 0.05) is 12.1 Å². The number of nitro benzene ring substituents is 1. The first kappa shape index (κ1) is 23.1. The highest BCUT2D eigenvalue weighted by Gasteiger charge is 2.30. The van der Waals surface area contributed by atoms with Crippen LogP contribution in [-0.2, 0) is 14.8 Å². The van der Waals surface area contributed by atoms with Crippen molar-refractivity contribution in [1.82, 2.24) is 5.32 Å². The standard InChI is InChI=1S/C20H25N3O6S/c1-14-8-10-19(11-9-14)29-13-15(2)21-20(24)16(3)22(30(4,27)28)17-6-5-7-18(12-17)23(25)26/h5-12,15-16H,13H2,1-4H3,(H,21,24)/t15-,16-/m0/s1. The second-order valence-corrected chi connectivity index (χ2v) is 8.90. The van der Waals surface area contributed by atoms with Crippen molar-refractivity contribution in [2.75, 3.05) is 17.2 Å². The number of hydrogen-bond acceptors (Lipinski definition) is 6. The van der Waals surface area contributed by atoms with Gasteiger partial charge in [-0.15, -0.1) is 0 Å². The molecule has 0 saturated heterocycles. The number of rotatable bonds is 9. The Labute approximate surface area is 175 Å². The SMILES string of the molecule is Cc1ccc(OC[C@H](C)NC(=O)[C@H](C)N(c2cccc([N+](=O)[O-])c2)S(C)(=O)=O)cc1. The van der Waals surface area contributed by atoms with Crippen LogP contribution in [0.3, 0.4) is 0 Å². The summed E-state index contributed by atoms with van der Waals surface area (Å²) in [7, 11) is -3.88. The third-order valence-electron chi connectivity index (χ3n) is 4.29. The van der Waals surface area contributed by atoms with Crippen molar-refractivity contribution in [2.24, 2.45) is 0 Å². The smallest absolute Gasteiger partial charge is 0.271 e. The molecule has 2 aromatic rings. The minimum atomic E-state index is -3.88. The van der Waals surface area contributed by atoms with Crippen molar-refractivity contribution >= 4 is 27.3 Å². The summed E-state index contributed by atoms with van der Waals surface area (Å²) in [5, 5.41) is 13.7. The van der Waals surface area contributed by atoms with E-state index in [2.05, 4.69) is 5.32 Å². The van der Waals surface area contributed by atoms with E-state index in [4.69, 9.17) is 4.74 Å². The molecule has 0 aliphatic heterocycles. The number of nitro groups is 1. The van der Waals surface area contributed by atoms with Crippen LogP contribution in [0, 0.1) is 17.0 Å². The van der Waals surface area contributed by atoms with Crippen molar-refractivity contribution in [3.8, 4) is 5.75 Å². The minimum absolute atomic E-state index is 0.0397. The number of anilines is 1. The van der Waals surface area contributed by atoms with Crippen LogP contribution < -0.4 is 14.4 Å². The average molecular weight is 436 g/mol. The van der Waals surface area contributed by atoms with Gasteiger partial charge in [0.05, 0.1) is 22.9 Å². The van der Waals surface area contributed by atoms with Gasteiger partial charge < -0.3 is 10.1 Å². The first-order valence-electron chi connectivity index (χ1n) is 9.22. The molecule has 0 aliphatic rings. The Morgan fingerprint density at radius 3 is 2.40 bits per heavy atom. The number of amides is 1. The summed E-state index contributed by atoms with van der Waals surface area (Å²) in [6.45, 7) is 5.31. The number of nitrogens with one attached hydrogen (secondary N) is 1. The second kappa shape index (κ2) is 9.57. The maximum Gasteiger partial charge on any atom is 0.271 e. The van der Waals surface area contributed by atoms with Crippen LogP contribution in [0.5, 0.6) is 5.75 Å². The minimum Gasteiger partial charge on any atom is -0.491 e. The lowest BCUT2D eigenvalue weighted by molar-refractivity contribution is -0.384. The van der Waals surface area contributed by atoms with Gasteiger partial charge in [-0.05, 0) is 39.0 Å². The molecule has 2 atom stereocenters. The normalized spacial score (nSPS) is 13.2. The number of sulfonamides is 1. The molecule has 10 heteroatoms. The zero-order chi connectivity index (χ0) is 22.5. The predicted molar refractivity (Wildman–Crippen MR) is 114 cm³/mol. The largest absolute Gasteiger partial charge is 0.491 e. The lowest BCUT2D eigenvalue weighted by Gasteiger charge is -2.29. The first-order chi connectivity index (χ1) is 14.0. The van der Waals surface area contributed by atoms with E-state index in [0.717, 1.165) is 22.2 Å². The van der Waals surface area contributed by atoms with E-state index in [-0.39, 0.29) is 18.0 Å². The van der Waals surface area contributed by atoms with Gasteiger partial charge in [-0.1, -0.05) is 23.8 Å². The molecule has 0 spiro atoms. The van der Waals surface area contributed by atoms with E-state index >= 15 is 0 Å². The topological polar surface area (TPSA) is 119 Å². The fraction of sp³-hybridized carbons (Fsp3) is 0.350. The summed E-state index contributed by atoms with van der Waals surface area (Å²) < 4.78 is 31.2. The van der Waals surface area contributed by atoms with E-state index in [1.165, 1.54) is 25.1 Å². The van der Waals surface area contributed by atoms with Gasteiger partial charge in [0.1, 0.15) is 18.4 Å². The molecular formula is C20H25N3O6S. The monoisotopic (exact) mass is 435 g/mol. The third-order valence-corrected chi connectivity index (χ3v) is 5.53. The van der Waals surface area contributed by atoms with Crippen molar-refractivity contribution < 1.29 is 22.9 Å². The lowest BCUT2D eigenvalue weighted by atomic mass is 10.2. The quantitative estimate of drug-likeness (QED) is 0.478. The molecule has 0 radical (unpaired) electrons. The summed E-state index contributed by atoms with van der Waals surface area (Å²) in [4.78, 5) is 23.1. The highest BCUT2D eigenvalue weighted by Crippen LogP contribution is 2.25. The van der Waals surface area contributed by atoms with E-state index in [0.29, 0.717) is 5.75 Å². The summed E-state index contributed by atoms with van der Waals surface area (Å²) in [6.07, 6.45) is 0.944. The van der Waals surface area contributed by atoms with Crippen molar-refractivity contribution in [3.05, 3.63) is 64.2 Å². The molecule has 30 heavy (non-hydrogen) atoms. The summed E-state index contributed by atoms with van der Waals surface area (Å²) in [5.41, 5.74) is 0.867. The summed E-state index contributed by atoms with van der Waals surface area (Å²) >= 11 is 0. The van der Waals surface area contributed by atoms with Gasteiger partial charge in [-0.3, -0.25) is 19.2 Å². The number of carbonyl (C=O) groups excluding carboxylic acids is 1. The molecule has 0 saturated carbocycles. The predicted octanol–water partition coefficient (Wildman–Crippen LogP) is 2.64. The maximum absolute atomic E-state index is 12.7.